The van der Waals surface area contributed by atoms with Gasteiger partial charge < -0.3 is 11.1 Å². The molecule has 0 aromatic heterocycles. The Kier molecular flexibility index (Phi) is 3.55. The molecule has 3 nitrogen and oxygen atoms in total. The van der Waals surface area contributed by atoms with Crippen molar-refractivity contribution in [3.05, 3.63) is 35.9 Å². The molecule has 1 aliphatic heterocycles. The quantitative estimate of drug-likeness (QED) is 0.887. The fraction of sp³-hybridized carbons (Fsp3) is 0.588. The molecule has 1 heterocycles. The van der Waals surface area contributed by atoms with Crippen LogP contribution in [-0.4, -0.2) is 18.0 Å². The highest BCUT2D eigenvalue weighted by Gasteiger charge is 2.50. The number of hydrogen-bond donors (Lipinski definition) is 2. The van der Waals surface area contributed by atoms with Crippen molar-refractivity contribution in [2.75, 3.05) is 0 Å². The number of primary amides is 1. The average Bonchev–Trinajstić information content (AvgIpc) is 3.18. The zero-order valence-corrected chi connectivity index (χ0v) is 12.3. The lowest BCUT2D eigenvalue weighted by Crippen LogP contribution is -2.55. The normalized spacial score (nSPS) is 40.3. The van der Waals surface area contributed by atoms with Crippen molar-refractivity contribution in [2.24, 2.45) is 23.5 Å². The maximum Gasteiger partial charge on any atom is 0.222 e. The molecule has 1 saturated carbocycles. The van der Waals surface area contributed by atoms with Crippen molar-refractivity contribution < 1.29 is 4.79 Å². The first-order chi connectivity index (χ1) is 9.58. The molecule has 0 spiro atoms. The van der Waals surface area contributed by atoms with Crippen molar-refractivity contribution in [3.8, 4) is 0 Å². The van der Waals surface area contributed by atoms with Gasteiger partial charge in [0.05, 0.1) is 5.92 Å². The Morgan fingerprint density at radius 2 is 1.90 bits per heavy atom. The first-order valence-corrected chi connectivity index (χ1v) is 7.68. The maximum atomic E-state index is 11.8. The third kappa shape index (κ3) is 2.47. The Bertz CT molecular complexity index is 487. The standard InChI is InChI=1S/C17H24N2O/c1-10-8-11(2)19-16(15(10)17(18)20)14-9-13(14)12-6-4-3-5-7-12/h3-7,10-11,13-16,19H,8-9H2,1-2H3,(H2,18,20). The number of hydrogen-bond acceptors (Lipinski definition) is 2. The molecular weight excluding hydrogens is 248 g/mol. The predicted octanol–water partition coefficient (Wildman–Crippen LogP) is 2.28. The van der Waals surface area contributed by atoms with Gasteiger partial charge >= 0.3 is 0 Å². The Morgan fingerprint density at radius 1 is 1.20 bits per heavy atom. The summed E-state index contributed by atoms with van der Waals surface area (Å²) in [5, 5.41) is 3.64. The number of carbonyl (C=O) groups excluding carboxylic acids is 1. The molecule has 0 bridgehead atoms. The van der Waals surface area contributed by atoms with Crippen molar-refractivity contribution >= 4 is 5.91 Å². The Balaban J connectivity index is 1.77. The molecule has 1 aromatic carbocycles. The van der Waals surface area contributed by atoms with Crippen LogP contribution in [0, 0.1) is 17.8 Å². The van der Waals surface area contributed by atoms with E-state index in [0.717, 1.165) is 6.42 Å². The van der Waals surface area contributed by atoms with Crippen LogP contribution in [0.1, 0.15) is 38.2 Å². The van der Waals surface area contributed by atoms with Crippen LogP contribution in [0.5, 0.6) is 0 Å². The topological polar surface area (TPSA) is 55.1 Å². The molecule has 20 heavy (non-hydrogen) atoms. The lowest BCUT2D eigenvalue weighted by atomic mass is 9.76. The molecule has 1 aliphatic carbocycles. The number of benzene rings is 1. The molecule has 0 radical (unpaired) electrons. The van der Waals surface area contributed by atoms with Crippen LogP contribution in [0.2, 0.25) is 0 Å². The molecular formula is C17H24N2O. The van der Waals surface area contributed by atoms with E-state index in [-0.39, 0.29) is 17.9 Å². The van der Waals surface area contributed by atoms with Crippen LogP contribution in [0.4, 0.5) is 0 Å². The van der Waals surface area contributed by atoms with Gasteiger partial charge in [-0.3, -0.25) is 4.79 Å². The summed E-state index contributed by atoms with van der Waals surface area (Å²) in [6.45, 7) is 4.38. The zero-order chi connectivity index (χ0) is 14.3. The van der Waals surface area contributed by atoms with E-state index in [1.807, 2.05) is 0 Å². The van der Waals surface area contributed by atoms with E-state index >= 15 is 0 Å². The van der Waals surface area contributed by atoms with Crippen molar-refractivity contribution in [1.82, 2.24) is 5.32 Å². The summed E-state index contributed by atoms with van der Waals surface area (Å²) >= 11 is 0. The van der Waals surface area contributed by atoms with E-state index in [4.69, 9.17) is 5.73 Å². The smallest absolute Gasteiger partial charge is 0.222 e. The number of nitrogens with two attached hydrogens (primary N) is 1. The minimum Gasteiger partial charge on any atom is -0.369 e. The van der Waals surface area contributed by atoms with E-state index in [2.05, 4.69) is 49.5 Å². The number of nitrogens with one attached hydrogen (secondary N) is 1. The van der Waals surface area contributed by atoms with Crippen molar-refractivity contribution in [3.63, 3.8) is 0 Å². The summed E-state index contributed by atoms with van der Waals surface area (Å²) in [4.78, 5) is 11.8. The van der Waals surface area contributed by atoms with Crippen LogP contribution >= 0.6 is 0 Å². The molecule has 1 aromatic rings. The molecule has 6 atom stereocenters. The van der Waals surface area contributed by atoms with Gasteiger partial charge in [0, 0.05) is 12.1 Å². The van der Waals surface area contributed by atoms with Gasteiger partial charge in [0.2, 0.25) is 5.91 Å². The second-order valence-corrected chi connectivity index (χ2v) is 6.65. The van der Waals surface area contributed by atoms with Crippen molar-refractivity contribution in [1.29, 1.82) is 0 Å². The minimum atomic E-state index is -0.138. The minimum absolute atomic E-state index is 0.0232. The average molecular weight is 272 g/mol. The van der Waals surface area contributed by atoms with E-state index in [1.165, 1.54) is 12.0 Å². The summed E-state index contributed by atoms with van der Waals surface area (Å²) < 4.78 is 0. The Morgan fingerprint density at radius 3 is 2.55 bits per heavy atom. The fourth-order valence-electron chi connectivity index (χ4n) is 4.10. The summed E-state index contributed by atoms with van der Waals surface area (Å²) in [5.74, 6) is 1.37. The van der Waals surface area contributed by atoms with Gasteiger partial charge in [-0.25, -0.2) is 0 Å². The molecule has 2 fully saturated rings. The molecule has 6 unspecified atom stereocenters. The molecule has 108 valence electrons. The third-order valence-corrected chi connectivity index (χ3v) is 5.06. The van der Waals surface area contributed by atoms with Crippen LogP contribution in [0.15, 0.2) is 30.3 Å². The van der Waals surface area contributed by atoms with Gasteiger partial charge in [-0.2, -0.15) is 0 Å². The van der Waals surface area contributed by atoms with E-state index in [1.54, 1.807) is 0 Å². The highest BCUT2D eigenvalue weighted by Crippen LogP contribution is 2.52. The molecule has 1 saturated heterocycles. The number of rotatable bonds is 3. The van der Waals surface area contributed by atoms with E-state index in [0.29, 0.717) is 23.8 Å². The second-order valence-electron chi connectivity index (χ2n) is 6.65. The summed E-state index contributed by atoms with van der Waals surface area (Å²) in [6, 6.07) is 11.3. The fourth-order valence-corrected chi connectivity index (χ4v) is 4.10. The number of amides is 1. The van der Waals surface area contributed by atoms with Gasteiger partial charge in [-0.15, -0.1) is 0 Å². The highest BCUT2D eigenvalue weighted by atomic mass is 16.1. The van der Waals surface area contributed by atoms with Gasteiger partial charge in [0.15, 0.2) is 0 Å². The van der Waals surface area contributed by atoms with E-state index < -0.39 is 0 Å². The lowest BCUT2D eigenvalue weighted by molar-refractivity contribution is -0.125. The van der Waals surface area contributed by atoms with Crippen LogP contribution in [0.25, 0.3) is 0 Å². The molecule has 3 rings (SSSR count). The van der Waals surface area contributed by atoms with Crippen LogP contribution in [-0.2, 0) is 4.79 Å². The van der Waals surface area contributed by atoms with Gasteiger partial charge in [0.25, 0.3) is 0 Å². The van der Waals surface area contributed by atoms with Crippen LogP contribution in [0.3, 0.4) is 0 Å². The van der Waals surface area contributed by atoms with E-state index in [9.17, 15) is 4.79 Å². The van der Waals surface area contributed by atoms with Gasteiger partial charge in [-0.05, 0) is 43.1 Å². The molecule has 2 aliphatic rings. The van der Waals surface area contributed by atoms with Crippen molar-refractivity contribution in [2.45, 2.75) is 44.7 Å². The number of carbonyl (C=O) groups is 1. The first-order valence-electron chi connectivity index (χ1n) is 7.68. The maximum absolute atomic E-state index is 11.8. The monoisotopic (exact) mass is 272 g/mol. The zero-order valence-electron chi connectivity index (χ0n) is 12.3. The Hall–Kier alpha value is -1.35. The summed E-state index contributed by atoms with van der Waals surface area (Å²) in [5.41, 5.74) is 7.06. The second kappa shape index (κ2) is 5.21. The predicted molar refractivity (Wildman–Crippen MR) is 80.1 cm³/mol. The molecule has 3 N–H and O–H groups in total. The van der Waals surface area contributed by atoms with Crippen LogP contribution < -0.4 is 11.1 Å². The first kappa shape index (κ1) is 13.6. The summed E-state index contributed by atoms with van der Waals surface area (Å²) in [6.07, 6.45) is 2.21. The van der Waals surface area contributed by atoms with Gasteiger partial charge in [-0.1, -0.05) is 37.3 Å². The third-order valence-electron chi connectivity index (χ3n) is 5.06. The summed E-state index contributed by atoms with van der Waals surface area (Å²) in [7, 11) is 0. The molecule has 3 heteroatoms. The Labute approximate surface area is 120 Å². The molecule has 1 amide bonds. The largest absolute Gasteiger partial charge is 0.369 e. The SMILES string of the molecule is CC1CC(C)C(C(N)=O)C(C2CC2c2ccccc2)N1. The highest BCUT2D eigenvalue weighted by molar-refractivity contribution is 5.78. The van der Waals surface area contributed by atoms with Gasteiger partial charge in [0.1, 0.15) is 0 Å². The number of piperidine rings is 1. The lowest BCUT2D eigenvalue weighted by Gasteiger charge is -2.39.